The Balaban J connectivity index is 3.00. The van der Waals surface area contributed by atoms with Crippen LogP contribution in [0.4, 0.5) is 4.39 Å². The van der Waals surface area contributed by atoms with Crippen LogP contribution in [0.3, 0.4) is 0 Å². The average Bonchev–Trinajstić information content (AvgIpc) is 2.29. The zero-order valence-corrected chi connectivity index (χ0v) is 10.9. The smallest absolute Gasteiger partial charge is 0.160 e. The van der Waals surface area contributed by atoms with Crippen molar-refractivity contribution in [3.8, 4) is 0 Å². The molecule has 18 heavy (non-hydrogen) atoms. The lowest BCUT2D eigenvalue weighted by molar-refractivity contribution is 0.235. The second kappa shape index (κ2) is 5.32. The first kappa shape index (κ1) is 14.4. The van der Waals surface area contributed by atoms with E-state index >= 15 is 0 Å². The third kappa shape index (κ3) is 3.18. The normalized spacial score (nSPS) is 14.4. The number of nitrogens with zero attached hydrogens (tertiary/aromatic N) is 2. The van der Waals surface area contributed by atoms with Crippen molar-refractivity contribution < 1.29 is 4.39 Å². The molecule has 1 atom stereocenters. The summed E-state index contributed by atoms with van der Waals surface area (Å²) in [6.07, 6.45) is 0. The number of hydrazine groups is 1. The van der Waals surface area contributed by atoms with Crippen molar-refractivity contribution in [1.82, 2.24) is 5.01 Å². The first-order valence-corrected chi connectivity index (χ1v) is 5.61. The minimum atomic E-state index is -0.597. The van der Waals surface area contributed by atoms with Gasteiger partial charge in [-0.05, 0) is 38.5 Å². The van der Waals surface area contributed by atoms with Gasteiger partial charge in [-0.25, -0.2) is 10.2 Å². The van der Waals surface area contributed by atoms with Crippen LogP contribution in [0.2, 0.25) is 0 Å². The Labute approximate surface area is 106 Å². The average molecular weight is 253 g/mol. The molecule has 0 heterocycles. The highest BCUT2D eigenvalue weighted by atomic mass is 19.1. The number of amidine groups is 1. The van der Waals surface area contributed by atoms with Crippen molar-refractivity contribution in [3.05, 3.63) is 35.6 Å². The molecule has 0 fully saturated rings. The molecule has 100 valence electrons. The molecule has 6 heteroatoms. The molecule has 0 aromatic heterocycles. The van der Waals surface area contributed by atoms with Gasteiger partial charge in [0.15, 0.2) is 5.84 Å². The number of hydrogen-bond donors (Lipinski definition) is 3. The highest BCUT2D eigenvalue weighted by Gasteiger charge is 2.26. The minimum absolute atomic E-state index is 0.322. The van der Waals surface area contributed by atoms with Crippen LogP contribution < -0.4 is 17.4 Å². The lowest BCUT2D eigenvalue weighted by atomic mass is 10.0. The molecule has 0 aliphatic carbocycles. The largest absolute Gasteiger partial charge is 0.321 e. The van der Waals surface area contributed by atoms with Gasteiger partial charge in [0, 0.05) is 5.54 Å². The van der Waals surface area contributed by atoms with Crippen LogP contribution >= 0.6 is 0 Å². The van der Waals surface area contributed by atoms with Crippen LogP contribution in [0, 0.1) is 5.82 Å². The fourth-order valence-corrected chi connectivity index (χ4v) is 1.46. The zero-order chi connectivity index (χ0) is 13.9. The van der Waals surface area contributed by atoms with Crippen LogP contribution in [0.1, 0.15) is 32.4 Å². The molecule has 0 bridgehead atoms. The Morgan fingerprint density at radius 3 is 2.17 bits per heavy atom. The first-order chi connectivity index (χ1) is 8.27. The number of hydrogen-bond acceptors (Lipinski definition) is 4. The number of benzene rings is 1. The summed E-state index contributed by atoms with van der Waals surface area (Å²) in [6, 6.07) is 5.24. The van der Waals surface area contributed by atoms with Crippen LogP contribution in [-0.4, -0.2) is 16.4 Å². The molecule has 0 radical (unpaired) electrons. The minimum Gasteiger partial charge on any atom is -0.321 e. The number of nitrogens with two attached hydrogens (primary N) is 3. The van der Waals surface area contributed by atoms with Gasteiger partial charge in [0.25, 0.3) is 0 Å². The van der Waals surface area contributed by atoms with E-state index in [4.69, 9.17) is 17.4 Å². The molecule has 0 spiro atoms. The van der Waals surface area contributed by atoms with Gasteiger partial charge < -0.3 is 11.6 Å². The Morgan fingerprint density at radius 1 is 1.28 bits per heavy atom. The van der Waals surface area contributed by atoms with Crippen LogP contribution in [0.15, 0.2) is 29.4 Å². The van der Waals surface area contributed by atoms with E-state index in [1.165, 1.54) is 17.1 Å². The summed E-state index contributed by atoms with van der Waals surface area (Å²) >= 11 is 0. The summed E-state index contributed by atoms with van der Waals surface area (Å²) in [6.45, 7) is 5.74. The molecule has 1 aromatic carbocycles. The van der Waals surface area contributed by atoms with Crippen molar-refractivity contribution in [2.24, 2.45) is 22.5 Å². The maximum Gasteiger partial charge on any atom is 0.160 e. The maximum absolute atomic E-state index is 12.9. The third-order valence-corrected chi connectivity index (χ3v) is 2.61. The molecule has 0 aliphatic rings. The summed E-state index contributed by atoms with van der Waals surface area (Å²) < 4.78 is 12.9. The van der Waals surface area contributed by atoms with Crippen LogP contribution in [0.5, 0.6) is 0 Å². The van der Waals surface area contributed by atoms with Crippen LogP contribution in [0.25, 0.3) is 0 Å². The molecule has 0 saturated carbocycles. The van der Waals surface area contributed by atoms with Gasteiger partial charge in [0.1, 0.15) is 5.82 Å². The molecule has 6 N–H and O–H groups in total. The van der Waals surface area contributed by atoms with Crippen LogP contribution in [-0.2, 0) is 0 Å². The lowest BCUT2D eigenvalue weighted by Crippen LogP contribution is -2.54. The third-order valence-electron chi connectivity index (χ3n) is 2.61. The van der Waals surface area contributed by atoms with Crippen molar-refractivity contribution in [3.63, 3.8) is 0 Å². The lowest BCUT2D eigenvalue weighted by Gasteiger charge is -2.35. The Hall–Kier alpha value is -1.66. The van der Waals surface area contributed by atoms with Gasteiger partial charge in [-0.2, -0.15) is 5.10 Å². The summed E-state index contributed by atoms with van der Waals surface area (Å²) in [5, 5.41) is 5.07. The topological polar surface area (TPSA) is 93.7 Å². The predicted molar refractivity (Wildman–Crippen MR) is 70.7 cm³/mol. The number of halogens is 1. The summed E-state index contributed by atoms with van der Waals surface area (Å²) in [7, 11) is 0. The van der Waals surface area contributed by atoms with E-state index < -0.39 is 6.04 Å². The van der Waals surface area contributed by atoms with Crippen molar-refractivity contribution in [2.75, 3.05) is 0 Å². The van der Waals surface area contributed by atoms with E-state index in [2.05, 4.69) is 5.10 Å². The fraction of sp³-hybridized carbons (Fsp3) is 0.417. The van der Waals surface area contributed by atoms with E-state index in [0.29, 0.717) is 11.4 Å². The van der Waals surface area contributed by atoms with Gasteiger partial charge in [0.2, 0.25) is 0 Å². The quantitative estimate of drug-likeness (QED) is 0.318. The molecule has 0 aliphatic heterocycles. The van der Waals surface area contributed by atoms with Crippen molar-refractivity contribution in [2.45, 2.75) is 32.4 Å². The van der Waals surface area contributed by atoms with Gasteiger partial charge >= 0.3 is 0 Å². The monoisotopic (exact) mass is 253 g/mol. The van der Waals surface area contributed by atoms with E-state index in [-0.39, 0.29) is 11.4 Å². The van der Waals surface area contributed by atoms with Crippen molar-refractivity contribution >= 4 is 5.84 Å². The van der Waals surface area contributed by atoms with E-state index in [0.717, 1.165) is 0 Å². The predicted octanol–water partition coefficient (Wildman–Crippen LogP) is 1.07. The van der Waals surface area contributed by atoms with E-state index in [1.807, 2.05) is 20.8 Å². The molecular weight excluding hydrogens is 233 g/mol. The Morgan fingerprint density at radius 2 is 1.78 bits per heavy atom. The summed E-state index contributed by atoms with van der Waals surface area (Å²) in [5.41, 5.74) is 6.37. The summed E-state index contributed by atoms with van der Waals surface area (Å²) in [4.78, 5) is 0. The highest BCUT2D eigenvalue weighted by molar-refractivity contribution is 5.88. The molecule has 5 nitrogen and oxygen atoms in total. The van der Waals surface area contributed by atoms with Gasteiger partial charge in [-0.1, -0.05) is 12.1 Å². The SMILES string of the molecule is CC(C)(C)N(N)/C(=N\N)C(N)c1ccc(F)cc1. The molecule has 0 saturated heterocycles. The van der Waals surface area contributed by atoms with Crippen molar-refractivity contribution in [1.29, 1.82) is 0 Å². The Bertz CT molecular complexity index is 421. The fourth-order valence-electron chi connectivity index (χ4n) is 1.46. The molecule has 1 unspecified atom stereocenters. The van der Waals surface area contributed by atoms with Gasteiger partial charge in [-0.15, -0.1) is 0 Å². The molecule has 0 amide bonds. The number of rotatable bonds is 2. The van der Waals surface area contributed by atoms with E-state index in [1.54, 1.807) is 12.1 Å². The maximum atomic E-state index is 12.9. The Kier molecular flexibility index (Phi) is 4.26. The molecule has 1 aromatic rings. The highest BCUT2D eigenvalue weighted by Crippen LogP contribution is 2.18. The number of hydrazone groups is 1. The zero-order valence-electron chi connectivity index (χ0n) is 10.9. The molecule has 1 rings (SSSR count). The standard InChI is InChI=1S/C12H20FN5/c1-12(2,3)18(16)11(17-15)10(14)8-4-6-9(13)7-5-8/h4-7,10H,14-16H2,1-3H3/b17-11-. The van der Waals surface area contributed by atoms with Gasteiger partial charge in [-0.3, -0.25) is 5.01 Å². The summed E-state index contributed by atoms with van der Waals surface area (Å²) in [5.74, 6) is 11.3. The second-order valence-corrected chi connectivity index (χ2v) is 5.06. The van der Waals surface area contributed by atoms with E-state index in [9.17, 15) is 4.39 Å². The molecular formula is C12H20FN5. The first-order valence-electron chi connectivity index (χ1n) is 5.61. The second-order valence-electron chi connectivity index (χ2n) is 5.06. The van der Waals surface area contributed by atoms with Gasteiger partial charge in [0.05, 0.1) is 6.04 Å².